The number of benzene rings is 1. The third-order valence-corrected chi connectivity index (χ3v) is 4.81. The van der Waals surface area contributed by atoms with E-state index in [9.17, 15) is 4.79 Å². The molecule has 3 N–H and O–H groups in total. The molecule has 1 aromatic carbocycles. The lowest BCUT2D eigenvalue weighted by atomic mass is 10.0. The first-order valence-corrected chi connectivity index (χ1v) is 9.66. The molecule has 5 nitrogen and oxygen atoms in total. The molecular formula is C21H32N2O3. The van der Waals surface area contributed by atoms with Crippen LogP contribution in [-0.2, 0) is 9.53 Å². The van der Waals surface area contributed by atoms with E-state index < -0.39 is 0 Å². The van der Waals surface area contributed by atoms with Crippen LogP contribution in [0.4, 0.5) is 0 Å². The van der Waals surface area contributed by atoms with Crippen LogP contribution in [0.1, 0.15) is 58.3 Å². The van der Waals surface area contributed by atoms with E-state index >= 15 is 0 Å². The number of hydrogen-bond acceptors (Lipinski definition) is 3. The van der Waals surface area contributed by atoms with Gasteiger partial charge in [0, 0.05) is 17.1 Å². The van der Waals surface area contributed by atoms with Crippen LogP contribution >= 0.6 is 0 Å². The molecule has 144 valence electrons. The van der Waals surface area contributed by atoms with Crippen LogP contribution in [0.15, 0.2) is 30.5 Å². The number of methoxy groups -OCH3 is 1. The highest BCUT2D eigenvalue weighted by Crippen LogP contribution is 2.19. The Morgan fingerprint density at radius 2 is 1.77 bits per heavy atom. The van der Waals surface area contributed by atoms with Crippen molar-refractivity contribution in [1.82, 2.24) is 4.98 Å². The Balaban J connectivity index is 0.000000147. The minimum Gasteiger partial charge on any atom is -0.497 e. The number of nitrogens with one attached hydrogen (secondary N) is 1. The largest absolute Gasteiger partial charge is 0.497 e. The standard InChI is InChI=1S/C9H9NO.C6H11NO2.C6H12/c1-11-8-2-3-9-7(6-8)4-5-10-9;1-4-2-3-5(9-4)6(7)8;1-2-4-6-5-3-1/h2-6,10H,1H3;4-5H,2-3H2,1H3,(H2,7,8);1-6H2/t;4?,5-;/m.0./s1. The number of rotatable bonds is 2. The van der Waals surface area contributed by atoms with Crippen molar-refractivity contribution in [2.24, 2.45) is 5.73 Å². The number of amides is 1. The van der Waals surface area contributed by atoms with Crippen LogP contribution in [0.25, 0.3) is 10.9 Å². The van der Waals surface area contributed by atoms with Gasteiger partial charge in [0.15, 0.2) is 0 Å². The first-order chi connectivity index (χ1) is 12.6. The zero-order valence-electron chi connectivity index (χ0n) is 16.0. The molecule has 2 atom stereocenters. The van der Waals surface area contributed by atoms with Crippen LogP contribution < -0.4 is 10.5 Å². The van der Waals surface area contributed by atoms with E-state index in [-0.39, 0.29) is 18.1 Å². The molecule has 2 heterocycles. The van der Waals surface area contributed by atoms with E-state index in [2.05, 4.69) is 4.98 Å². The predicted molar refractivity (Wildman–Crippen MR) is 105 cm³/mol. The molecule has 5 heteroatoms. The zero-order valence-corrected chi connectivity index (χ0v) is 16.0. The maximum absolute atomic E-state index is 10.4. The average molecular weight is 360 g/mol. The number of fused-ring (bicyclic) bond motifs is 1. The quantitative estimate of drug-likeness (QED) is 0.824. The Labute approximate surface area is 156 Å². The average Bonchev–Trinajstić information content (AvgIpc) is 3.32. The summed E-state index contributed by atoms with van der Waals surface area (Å²) in [5.74, 6) is 0.566. The van der Waals surface area contributed by atoms with Crippen molar-refractivity contribution in [1.29, 1.82) is 0 Å². The van der Waals surface area contributed by atoms with Gasteiger partial charge in [0.05, 0.1) is 13.2 Å². The van der Waals surface area contributed by atoms with Gasteiger partial charge in [0.2, 0.25) is 5.91 Å². The van der Waals surface area contributed by atoms with E-state index in [1.165, 1.54) is 43.9 Å². The summed E-state index contributed by atoms with van der Waals surface area (Å²) in [6.45, 7) is 1.95. The first kappa shape index (κ1) is 20.3. The van der Waals surface area contributed by atoms with Crippen LogP contribution in [0.2, 0.25) is 0 Å². The third kappa shape index (κ3) is 6.71. The summed E-state index contributed by atoms with van der Waals surface area (Å²) in [7, 11) is 1.67. The van der Waals surface area contributed by atoms with Gasteiger partial charge in [-0.1, -0.05) is 38.5 Å². The lowest BCUT2D eigenvalue weighted by Crippen LogP contribution is -2.28. The van der Waals surface area contributed by atoms with Crippen molar-refractivity contribution in [3.05, 3.63) is 30.5 Å². The molecule has 1 aromatic heterocycles. The number of H-pyrrole nitrogens is 1. The maximum Gasteiger partial charge on any atom is 0.246 e. The minimum atomic E-state index is -0.334. The minimum absolute atomic E-state index is 0.211. The predicted octanol–water partition coefficient (Wildman–Crippen LogP) is 4.56. The Morgan fingerprint density at radius 1 is 1.12 bits per heavy atom. The Hall–Kier alpha value is -2.01. The van der Waals surface area contributed by atoms with Crippen molar-refractivity contribution < 1.29 is 14.3 Å². The van der Waals surface area contributed by atoms with E-state index in [4.69, 9.17) is 15.2 Å². The summed E-state index contributed by atoms with van der Waals surface area (Å²) in [5.41, 5.74) is 6.14. The summed E-state index contributed by atoms with van der Waals surface area (Å²) in [4.78, 5) is 13.6. The first-order valence-electron chi connectivity index (χ1n) is 9.66. The van der Waals surface area contributed by atoms with Crippen molar-refractivity contribution in [2.75, 3.05) is 7.11 Å². The van der Waals surface area contributed by atoms with Gasteiger partial charge in [0.1, 0.15) is 11.9 Å². The van der Waals surface area contributed by atoms with Gasteiger partial charge in [-0.3, -0.25) is 4.79 Å². The van der Waals surface area contributed by atoms with Crippen LogP contribution in [0.5, 0.6) is 5.75 Å². The van der Waals surface area contributed by atoms with E-state index in [1.807, 2.05) is 37.4 Å². The van der Waals surface area contributed by atoms with Crippen molar-refractivity contribution in [3.8, 4) is 5.75 Å². The van der Waals surface area contributed by atoms with Crippen molar-refractivity contribution in [2.45, 2.75) is 70.5 Å². The molecule has 26 heavy (non-hydrogen) atoms. The van der Waals surface area contributed by atoms with Gasteiger partial charge >= 0.3 is 0 Å². The molecule has 1 unspecified atom stereocenters. The lowest BCUT2D eigenvalue weighted by Gasteiger charge is -2.05. The summed E-state index contributed by atoms with van der Waals surface area (Å²) in [6.07, 6.45) is 12.6. The van der Waals surface area contributed by atoms with E-state index in [0.717, 1.165) is 24.1 Å². The number of aromatic amines is 1. The zero-order chi connectivity index (χ0) is 18.8. The summed E-state index contributed by atoms with van der Waals surface area (Å²) < 4.78 is 10.2. The molecule has 0 bridgehead atoms. The topological polar surface area (TPSA) is 77.3 Å². The summed E-state index contributed by atoms with van der Waals surface area (Å²) >= 11 is 0. The van der Waals surface area contributed by atoms with Crippen LogP contribution in [-0.4, -0.2) is 30.2 Å². The van der Waals surface area contributed by atoms with Gasteiger partial charge in [-0.15, -0.1) is 0 Å². The molecule has 1 saturated heterocycles. The van der Waals surface area contributed by atoms with Crippen molar-refractivity contribution in [3.63, 3.8) is 0 Å². The SMILES string of the molecule is C1CCCCC1.CC1CC[C@@H](C(N)=O)O1.COc1ccc2[nH]ccc2c1. The number of aromatic nitrogens is 1. The van der Waals surface area contributed by atoms with Crippen molar-refractivity contribution >= 4 is 16.8 Å². The molecule has 4 rings (SSSR count). The molecule has 1 aliphatic heterocycles. The Kier molecular flexibility index (Phi) is 8.48. The highest BCUT2D eigenvalue weighted by Gasteiger charge is 2.25. The Morgan fingerprint density at radius 3 is 2.23 bits per heavy atom. The second-order valence-electron chi connectivity index (χ2n) is 6.97. The van der Waals surface area contributed by atoms with Gasteiger partial charge in [-0.25, -0.2) is 0 Å². The van der Waals surface area contributed by atoms with Crippen LogP contribution in [0, 0.1) is 0 Å². The lowest BCUT2D eigenvalue weighted by molar-refractivity contribution is -0.128. The molecule has 2 aromatic rings. The highest BCUT2D eigenvalue weighted by molar-refractivity contribution is 5.80. The number of carbonyl (C=O) groups is 1. The molecular weight excluding hydrogens is 328 g/mol. The number of nitrogens with two attached hydrogens (primary N) is 1. The fourth-order valence-corrected chi connectivity index (χ4v) is 3.23. The van der Waals surface area contributed by atoms with E-state index in [1.54, 1.807) is 7.11 Å². The molecule has 0 radical (unpaired) electrons. The second-order valence-corrected chi connectivity index (χ2v) is 6.97. The monoisotopic (exact) mass is 360 g/mol. The van der Waals surface area contributed by atoms with Gasteiger partial charge in [-0.05, 0) is 44.0 Å². The number of primary amides is 1. The molecule has 0 spiro atoms. The van der Waals surface area contributed by atoms with Gasteiger partial charge in [0.25, 0.3) is 0 Å². The normalized spacial score (nSPS) is 21.9. The smallest absolute Gasteiger partial charge is 0.246 e. The molecule has 1 saturated carbocycles. The molecule has 1 amide bonds. The van der Waals surface area contributed by atoms with Gasteiger partial charge in [-0.2, -0.15) is 0 Å². The molecule has 1 aliphatic carbocycles. The number of carbonyl (C=O) groups excluding carboxylic acids is 1. The highest BCUT2D eigenvalue weighted by atomic mass is 16.5. The number of hydrogen-bond donors (Lipinski definition) is 2. The van der Waals surface area contributed by atoms with Crippen LogP contribution in [0.3, 0.4) is 0 Å². The molecule has 2 aliphatic rings. The maximum atomic E-state index is 10.4. The van der Waals surface area contributed by atoms with Gasteiger partial charge < -0.3 is 20.2 Å². The second kappa shape index (κ2) is 10.9. The third-order valence-electron chi connectivity index (χ3n) is 4.81. The number of ether oxygens (including phenoxy) is 2. The molecule has 2 fully saturated rings. The fourth-order valence-electron chi connectivity index (χ4n) is 3.23. The summed E-state index contributed by atoms with van der Waals surface area (Å²) in [6, 6.07) is 7.98. The van der Waals surface area contributed by atoms with E-state index in [0.29, 0.717) is 0 Å². The fraction of sp³-hybridized carbons (Fsp3) is 0.571. The Bertz CT molecular complexity index is 653. The summed E-state index contributed by atoms with van der Waals surface area (Å²) in [5, 5.41) is 1.18.